The van der Waals surface area contributed by atoms with E-state index in [1.54, 1.807) is 30.5 Å². The van der Waals surface area contributed by atoms with Gasteiger partial charge in [-0.05, 0) is 30.3 Å². The number of nitrogens with zero attached hydrogens (tertiary/aromatic N) is 2. The average Bonchev–Trinajstić information content (AvgIpc) is 3.12. The van der Waals surface area contributed by atoms with E-state index >= 15 is 0 Å². The molecule has 0 radical (unpaired) electrons. The first-order chi connectivity index (χ1) is 13.2. The van der Waals surface area contributed by atoms with Crippen LogP contribution < -0.4 is 14.8 Å². The van der Waals surface area contributed by atoms with E-state index in [9.17, 15) is 4.79 Å². The van der Waals surface area contributed by atoms with E-state index in [-0.39, 0.29) is 11.9 Å². The van der Waals surface area contributed by atoms with Gasteiger partial charge in [-0.15, -0.1) is 0 Å². The Morgan fingerprint density at radius 1 is 1.26 bits per heavy atom. The third-order valence-electron chi connectivity index (χ3n) is 4.67. The Kier molecular flexibility index (Phi) is 4.78. The molecule has 1 atom stereocenters. The van der Waals surface area contributed by atoms with Gasteiger partial charge in [0.15, 0.2) is 0 Å². The number of benzene rings is 2. The number of fused-ring (bicyclic) bond motifs is 1. The van der Waals surface area contributed by atoms with Crippen LogP contribution in [-0.4, -0.2) is 22.1 Å². The SMILES string of the molecule is Cn1ccnc1COc1ccc(C(=O)N[C@@H]2CCOc3ccccc32)cc1. The van der Waals surface area contributed by atoms with Crippen LogP contribution in [0.5, 0.6) is 11.5 Å². The number of imidazole rings is 1. The van der Waals surface area contributed by atoms with Crippen molar-refractivity contribution in [2.24, 2.45) is 7.05 Å². The molecule has 3 aromatic rings. The van der Waals surface area contributed by atoms with Crippen molar-refractivity contribution < 1.29 is 14.3 Å². The van der Waals surface area contributed by atoms with Crippen molar-refractivity contribution in [1.29, 1.82) is 0 Å². The lowest BCUT2D eigenvalue weighted by atomic mass is 10.00. The van der Waals surface area contributed by atoms with Gasteiger partial charge >= 0.3 is 0 Å². The van der Waals surface area contributed by atoms with Crippen LogP contribution in [0.1, 0.15) is 34.2 Å². The topological polar surface area (TPSA) is 65.4 Å². The van der Waals surface area contributed by atoms with Gasteiger partial charge < -0.3 is 19.4 Å². The molecular formula is C21H21N3O3. The lowest BCUT2D eigenvalue weighted by Crippen LogP contribution is -2.32. The molecule has 1 aromatic heterocycles. The molecule has 0 fully saturated rings. The van der Waals surface area contributed by atoms with Gasteiger partial charge in [0.05, 0.1) is 12.6 Å². The molecular weight excluding hydrogens is 342 g/mol. The summed E-state index contributed by atoms with van der Waals surface area (Å²) in [4.78, 5) is 16.8. The fraction of sp³-hybridized carbons (Fsp3) is 0.238. The molecule has 1 amide bonds. The average molecular weight is 363 g/mol. The van der Waals surface area contributed by atoms with Crippen LogP contribution in [0.2, 0.25) is 0 Å². The first-order valence-corrected chi connectivity index (χ1v) is 8.92. The zero-order chi connectivity index (χ0) is 18.6. The van der Waals surface area contributed by atoms with Crippen molar-refractivity contribution >= 4 is 5.91 Å². The summed E-state index contributed by atoms with van der Waals surface area (Å²) in [6.07, 6.45) is 4.37. The molecule has 0 unspecified atom stereocenters. The lowest BCUT2D eigenvalue weighted by molar-refractivity contribution is 0.0924. The number of amides is 1. The van der Waals surface area contributed by atoms with Gasteiger partial charge in [-0.1, -0.05) is 18.2 Å². The predicted molar refractivity (Wildman–Crippen MR) is 101 cm³/mol. The molecule has 0 aliphatic carbocycles. The maximum absolute atomic E-state index is 12.6. The van der Waals surface area contributed by atoms with E-state index in [0.717, 1.165) is 23.6 Å². The molecule has 27 heavy (non-hydrogen) atoms. The number of nitrogens with one attached hydrogen (secondary N) is 1. The van der Waals surface area contributed by atoms with Crippen LogP contribution in [0.15, 0.2) is 60.9 Å². The highest BCUT2D eigenvalue weighted by atomic mass is 16.5. The van der Waals surface area contributed by atoms with Gasteiger partial charge in [0.25, 0.3) is 5.91 Å². The number of carbonyl (C=O) groups excluding carboxylic acids is 1. The van der Waals surface area contributed by atoms with Crippen LogP contribution in [0.3, 0.4) is 0 Å². The van der Waals surface area contributed by atoms with Crippen LogP contribution in [-0.2, 0) is 13.7 Å². The third-order valence-corrected chi connectivity index (χ3v) is 4.67. The quantitative estimate of drug-likeness (QED) is 0.756. The monoisotopic (exact) mass is 363 g/mol. The summed E-state index contributed by atoms with van der Waals surface area (Å²) in [5.74, 6) is 2.28. The molecule has 0 saturated carbocycles. The largest absolute Gasteiger partial charge is 0.493 e. The molecule has 0 saturated heterocycles. The maximum Gasteiger partial charge on any atom is 0.251 e. The van der Waals surface area contributed by atoms with Crippen LogP contribution in [0, 0.1) is 0 Å². The zero-order valence-electron chi connectivity index (χ0n) is 15.1. The van der Waals surface area contributed by atoms with Crippen molar-refractivity contribution in [3.8, 4) is 11.5 Å². The van der Waals surface area contributed by atoms with E-state index in [1.807, 2.05) is 42.1 Å². The fourth-order valence-electron chi connectivity index (χ4n) is 3.12. The van der Waals surface area contributed by atoms with Crippen LogP contribution >= 0.6 is 0 Å². The summed E-state index contributed by atoms with van der Waals surface area (Å²) >= 11 is 0. The van der Waals surface area contributed by atoms with E-state index in [0.29, 0.717) is 24.5 Å². The molecule has 138 valence electrons. The Morgan fingerprint density at radius 2 is 2.07 bits per heavy atom. The minimum Gasteiger partial charge on any atom is -0.493 e. The lowest BCUT2D eigenvalue weighted by Gasteiger charge is -2.26. The van der Waals surface area contributed by atoms with Gasteiger partial charge in [-0.2, -0.15) is 0 Å². The van der Waals surface area contributed by atoms with Crippen LogP contribution in [0.4, 0.5) is 0 Å². The first-order valence-electron chi connectivity index (χ1n) is 8.92. The second kappa shape index (κ2) is 7.53. The summed E-state index contributed by atoms with van der Waals surface area (Å²) in [5, 5.41) is 3.10. The molecule has 6 nitrogen and oxygen atoms in total. The molecule has 1 aliphatic heterocycles. The number of carbonyl (C=O) groups is 1. The molecule has 0 spiro atoms. The van der Waals surface area contributed by atoms with Gasteiger partial charge in [-0.25, -0.2) is 4.98 Å². The Morgan fingerprint density at radius 3 is 2.85 bits per heavy atom. The highest BCUT2D eigenvalue weighted by Gasteiger charge is 2.23. The Labute approximate surface area is 157 Å². The molecule has 2 heterocycles. The standard InChI is InChI=1S/C21H21N3O3/c1-24-12-11-22-20(24)14-27-16-8-6-15(7-9-16)21(25)23-18-10-13-26-19-5-3-2-4-17(18)19/h2-9,11-12,18H,10,13-14H2,1H3,(H,23,25)/t18-/m1/s1. The van der Waals surface area contributed by atoms with Crippen molar-refractivity contribution in [3.05, 3.63) is 77.9 Å². The fourth-order valence-corrected chi connectivity index (χ4v) is 3.12. The molecule has 0 bridgehead atoms. The van der Waals surface area contributed by atoms with Crippen molar-refractivity contribution in [1.82, 2.24) is 14.9 Å². The van der Waals surface area contributed by atoms with Gasteiger partial charge in [0.1, 0.15) is 23.9 Å². The summed E-state index contributed by atoms with van der Waals surface area (Å²) < 4.78 is 13.3. The van der Waals surface area contributed by atoms with Gasteiger partial charge in [0, 0.05) is 37.0 Å². The summed E-state index contributed by atoms with van der Waals surface area (Å²) in [6, 6.07) is 14.9. The van der Waals surface area contributed by atoms with Gasteiger partial charge in [0.2, 0.25) is 0 Å². The van der Waals surface area contributed by atoms with E-state index in [1.165, 1.54) is 0 Å². The second-order valence-corrected chi connectivity index (χ2v) is 6.47. The summed E-state index contributed by atoms with van der Waals surface area (Å²) in [5.41, 5.74) is 1.62. The number of para-hydroxylation sites is 1. The summed E-state index contributed by atoms with van der Waals surface area (Å²) in [6.45, 7) is 0.982. The van der Waals surface area contributed by atoms with E-state index < -0.39 is 0 Å². The number of hydrogen-bond donors (Lipinski definition) is 1. The zero-order valence-corrected chi connectivity index (χ0v) is 15.1. The van der Waals surface area contributed by atoms with Crippen molar-refractivity contribution in [2.75, 3.05) is 6.61 Å². The molecule has 1 aliphatic rings. The highest BCUT2D eigenvalue weighted by molar-refractivity contribution is 5.94. The first kappa shape index (κ1) is 17.1. The molecule has 6 heteroatoms. The maximum atomic E-state index is 12.6. The number of ether oxygens (including phenoxy) is 2. The minimum absolute atomic E-state index is 0.0400. The van der Waals surface area contributed by atoms with E-state index in [2.05, 4.69) is 10.3 Å². The van der Waals surface area contributed by atoms with E-state index in [4.69, 9.17) is 9.47 Å². The highest BCUT2D eigenvalue weighted by Crippen LogP contribution is 2.31. The van der Waals surface area contributed by atoms with Crippen LogP contribution in [0.25, 0.3) is 0 Å². The smallest absolute Gasteiger partial charge is 0.251 e. The summed E-state index contributed by atoms with van der Waals surface area (Å²) in [7, 11) is 1.92. The predicted octanol–water partition coefficient (Wildman–Crippen LogP) is 3.25. The van der Waals surface area contributed by atoms with Crippen molar-refractivity contribution in [2.45, 2.75) is 19.1 Å². The van der Waals surface area contributed by atoms with Gasteiger partial charge in [-0.3, -0.25) is 4.79 Å². The number of hydrogen-bond acceptors (Lipinski definition) is 4. The number of aromatic nitrogens is 2. The number of aryl methyl sites for hydroxylation is 1. The Bertz CT molecular complexity index is 934. The normalized spacial score (nSPS) is 15.5. The Balaban J connectivity index is 1.39. The Hall–Kier alpha value is -3.28. The minimum atomic E-state index is -0.104. The molecule has 4 rings (SSSR count). The molecule has 1 N–H and O–H groups in total. The van der Waals surface area contributed by atoms with Crippen molar-refractivity contribution in [3.63, 3.8) is 0 Å². The molecule has 2 aromatic carbocycles. The second-order valence-electron chi connectivity index (χ2n) is 6.47. The number of rotatable bonds is 5. The third kappa shape index (κ3) is 3.79.